The van der Waals surface area contributed by atoms with Crippen molar-refractivity contribution in [1.29, 1.82) is 0 Å². The van der Waals surface area contributed by atoms with Gasteiger partial charge in [-0.2, -0.15) is 5.06 Å². The van der Waals surface area contributed by atoms with Crippen LogP contribution in [-0.4, -0.2) is 18.3 Å². The number of carbonyl (C=O) groups excluding carboxylic acids is 1. The van der Waals surface area contributed by atoms with Crippen molar-refractivity contribution in [3.05, 3.63) is 40.7 Å². The monoisotopic (exact) mass is 298 g/mol. The second-order valence-electron chi connectivity index (χ2n) is 3.54. The maximum atomic E-state index is 11.2. The van der Waals surface area contributed by atoms with E-state index in [-0.39, 0.29) is 0 Å². The van der Waals surface area contributed by atoms with Crippen molar-refractivity contribution in [3.8, 4) is 11.5 Å². The van der Waals surface area contributed by atoms with Crippen molar-refractivity contribution in [1.82, 2.24) is 5.32 Å². The number of urea groups is 1. The van der Waals surface area contributed by atoms with Gasteiger partial charge in [0.1, 0.15) is 16.5 Å². The molecule has 5 nitrogen and oxygen atoms in total. The van der Waals surface area contributed by atoms with E-state index in [9.17, 15) is 10.0 Å². The molecular formula is C12H11ClN2O3S. The maximum absolute atomic E-state index is 11.2. The molecule has 1 aromatic heterocycles. The molecule has 0 bridgehead atoms. The Labute approximate surface area is 118 Å². The number of ether oxygens (including phenoxy) is 1. The molecule has 100 valence electrons. The number of rotatable bonds is 3. The summed E-state index contributed by atoms with van der Waals surface area (Å²) in [7, 11) is 1.43. The lowest BCUT2D eigenvalue weighted by Crippen LogP contribution is -2.34. The highest BCUT2D eigenvalue weighted by Crippen LogP contribution is 2.32. The van der Waals surface area contributed by atoms with E-state index in [1.54, 1.807) is 35.7 Å². The maximum Gasteiger partial charge on any atom is 0.346 e. The molecule has 0 radical (unpaired) electrons. The summed E-state index contributed by atoms with van der Waals surface area (Å²) < 4.78 is 5.56. The van der Waals surface area contributed by atoms with Crippen molar-refractivity contribution in [3.63, 3.8) is 0 Å². The molecule has 0 saturated carbocycles. The molecule has 1 aromatic carbocycles. The molecule has 0 aliphatic rings. The zero-order chi connectivity index (χ0) is 13.8. The molecule has 0 atom stereocenters. The third-order valence-corrected chi connectivity index (χ3v) is 3.36. The molecule has 0 spiro atoms. The van der Waals surface area contributed by atoms with Crippen LogP contribution >= 0.6 is 22.9 Å². The van der Waals surface area contributed by atoms with E-state index in [1.807, 2.05) is 0 Å². The Morgan fingerprint density at radius 3 is 2.68 bits per heavy atom. The fourth-order valence-electron chi connectivity index (χ4n) is 1.32. The first kappa shape index (κ1) is 13.7. The number of nitrogens with one attached hydrogen (secondary N) is 1. The number of hydrogen-bond donors (Lipinski definition) is 2. The van der Waals surface area contributed by atoms with Crippen LogP contribution < -0.4 is 15.1 Å². The number of thiophene rings is 1. The average Bonchev–Trinajstić information content (AvgIpc) is 2.88. The van der Waals surface area contributed by atoms with Crippen LogP contribution in [0.3, 0.4) is 0 Å². The van der Waals surface area contributed by atoms with Gasteiger partial charge in [0.05, 0.1) is 0 Å². The quantitative estimate of drug-likeness (QED) is 0.670. The number of carbonyl (C=O) groups is 1. The largest absolute Gasteiger partial charge is 0.456 e. The normalized spacial score (nSPS) is 10.1. The summed E-state index contributed by atoms with van der Waals surface area (Å²) >= 11 is 6.96. The second-order valence-corrected chi connectivity index (χ2v) is 4.87. The fourth-order valence-corrected chi connectivity index (χ4v) is 2.16. The summed E-state index contributed by atoms with van der Waals surface area (Å²) in [6, 6.07) is 7.85. The molecular weight excluding hydrogens is 288 g/mol. The van der Waals surface area contributed by atoms with Crippen molar-refractivity contribution >= 4 is 34.0 Å². The first-order valence-corrected chi connectivity index (χ1v) is 6.58. The van der Waals surface area contributed by atoms with Crippen LogP contribution in [0, 0.1) is 0 Å². The molecule has 2 rings (SSSR count). The molecule has 0 unspecified atom stereocenters. The Morgan fingerprint density at radius 1 is 1.37 bits per heavy atom. The van der Waals surface area contributed by atoms with Gasteiger partial charge in [-0.15, -0.1) is 11.3 Å². The fraction of sp³-hybridized carbons (Fsp3) is 0.0833. The number of hydroxylamine groups is 1. The first-order chi connectivity index (χ1) is 9.10. The lowest BCUT2D eigenvalue weighted by molar-refractivity contribution is 0.207. The topological polar surface area (TPSA) is 61.8 Å². The Bertz CT molecular complexity index is 571. The van der Waals surface area contributed by atoms with E-state index in [1.165, 1.54) is 18.4 Å². The SMILES string of the molecule is CNC(=O)N(O)c1cc(Oc2ccc(Cl)cc2)cs1. The Kier molecular flexibility index (Phi) is 4.26. The van der Waals surface area contributed by atoms with E-state index >= 15 is 0 Å². The van der Waals surface area contributed by atoms with Crippen molar-refractivity contribution in [2.24, 2.45) is 0 Å². The van der Waals surface area contributed by atoms with Gasteiger partial charge in [-0.1, -0.05) is 11.6 Å². The first-order valence-electron chi connectivity index (χ1n) is 5.33. The minimum atomic E-state index is -0.611. The number of nitrogens with zero attached hydrogens (tertiary/aromatic N) is 1. The highest BCUT2D eigenvalue weighted by Gasteiger charge is 2.14. The van der Waals surface area contributed by atoms with Gasteiger partial charge < -0.3 is 10.1 Å². The third-order valence-electron chi connectivity index (χ3n) is 2.23. The van der Waals surface area contributed by atoms with Gasteiger partial charge in [-0.05, 0) is 24.3 Å². The van der Waals surface area contributed by atoms with Gasteiger partial charge in [-0.25, -0.2) is 4.79 Å². The van der Waals surface area contributed by atoms with Gasteiger partial charge in [-0.3, -0.25) is 5.21 Å². The van der Waals surface area contributed by atoms with Gasteiger partial charge in [0, 0.05) is 23.5 Å². The smallest absolute Gasteiger partial charge is 0.346 e. The molecule has 2 aromatic rings. The molecule has 0 aliphatic carbocycles. The molecule has 0 saturated heterocycles. The van der Waals surface area contributed by atoms with E-state index in [0.29, 0.717) is 26.6 Å². The van der Waals surface area contributed by atoms with Gasteiger partial charge in [0.2, 0.25) is 0 Å². The second kappa shape index (κ2) is 5.92. The molecule has 7 heteroatoms. The highest BCUT2D eigenvalue weighted by molar-refractivity contribution is 7.14. The number of benzene rings is 1. The average molecular weight is 299 g/mol. The van der Waals surface area contributed by atoms with Crippen LogP contribution in [0.2, 0.25) is 5.02 Å². The van der Waals surface area contributed by atoms with Crippen LogP contribution in [0.4, 0.5) is 9.80 Å². The third kappa shape index (κ3) is 3.37. The Morgan fingerprint density at radius 2 is 2.05 bits per heavy atom. The summed E-state index contributed by atoms with van der Waals surface area (Å²) in [5.74, 6) is 1.16. The molecule has 2 N–H and O–H groups in total. The summed E-state index contributed by atoms with van der Waals surface area (Å²) in [6.45, 7) is 0. The summed E-state index contributed by atoms with van der Waals surface area (Å²) in [5.41, 5.74) is 0. The van der Waals surface area contributed by atoms with Crippen LogP contribution in [0.25, 0.3) is 0 Å². The lowest BCUT2D eigenvalue weighted by atomic mass is 10.3. The minimum Gasteiger partial charge on any atom is -0.456 e. The number of anilines is 1. The predicted molar refractivity (Wildman–Crippen MR) is 74.6 cm³/mol. The molecule has 0 fully saturated rings. The summed E-state index contributed by atoms with van der Waals surface area (Å²) in [4.78, 5) is 11.2. The molecule has 1 heterocycles. The highest BCUT2D eigenvalue weighted by atomic mass is 35.5. The van der Waals surface area contributed by atoms with E-state index in [2.05, 4.69) is 5.32 Å². The van der Waals surface area contributed by atoms with Crippen molar-refractivity contribution < 1.29 is 14.7 Å². The Balaban J connectivity index is 2.09. The van der Waals surface area contributed by atoms with Crippen LogP contribution in [0.5, 0.6) is 11.5 Å². The van der Waals surface area contributed by atoms with Gasteiger partial charge in [0.25, 0.3) is 0 Å². The predicted octanol–water partition coefficient (Wildman–Crippen LogP) is 3.73. The standard InChI is InChI=1S/C12H11ClN2O3S/c1-14-12(16)15(17)11-6-10(7-19-11)18-9-4-2-8(13)3-5-9/h2-7,17H,1H3,(H,14,16). The van der Waals surface area contributed by atoms with Crippen molar-refractivity contribution in [2.75, 3.05) is 12.1 Å². The zero-order valence-electron chi connectivity index (χ0n) is 9.96. The molecule has 19 heavy (non-hydrogen) atoms. The number of halogens is 1. The van der Waals surface area contributed by atoms with Gasteiger partial charge in [0.15, 0.2) is 0 Å². The number of amides is 2. The van der Waals surface area contributed by atoms with Crippen molar-refractivity contribution in [2.45, 2.75) is 0 Å². The zero-order valence-corrected chi connectivity index (χ0v) is 11.5. The van der Waals surface area contributed by atoms with Crippen LogP contribution in [0.15, 0.2) is 35.7 Å². The van der Waals surface area contributed by atoms with E-state index < -0.39 is 6.03 Å². The molecule has 2 amide bonds. The van der Waals surface area contributed by atoms with Crippen LogP contribution in [0.1, 0.15) is 0 Å². The lowest BCUT2D eigenvalue weighted by Gasteiger charge is -2.10. The van der Waals surface area contributed by atoms with E-state index in [4.69, 9.17) is 16.3 Å². The summed E-state index contributed by atoms with van der Waals surface area (Å²) in [5, 5.41) is 15.1. The van der Waals surface area contributed by atoms with Crippen LogP contribution in [-0.2, 0) is 0 Å². The minimum absolute atomic E-state index is 0.364. The van der Waals surface area contributed by atoms with E-state index in [0.717, 1.165) is 0 Å². The molecule has 0 aliphatic heterocycles. The number of hydrogen-bond acceptors (Lipinski definition) is 4. The van der Waals surface area contributed by atoms with Gasteiger partial charge >= 0.3 is 6.03 Å². The summed E-state index contributed by atoms with van der Waals surface area (Å²) in [6.07, 6.45) is 0. The Hall–Kier alpha value is -1.76.